The third-order valence-electron chi connectivity index (χ3n) is 3.91. The van der Waals surface area contributed by atoms with Gasteiger partial charge in [-0.05, 0) is 25.5 Å². The predicted octanol–water partition coefficient (Wildman–Crippen LogP) is 4.28. The summed E-state index contributed by atoms with van der Waals surface area (Å²) in [6.07, 6.45) is 7.87. The number of hydrogen-bond donors (Lipinski definition) is 2. The van der Waals surface area contributed by atoms with E-state index in [1.807, 2.05) is 18.7 Å². The molecule has 1 saturated carbocycles. The number of benzene rings is 1. The van der Waals surface area contributed by atoms with Crippen LogP contribution in [0.5, 0.6) is 5.75 Å². The number of rotatable bonds is 6. The summed E-state index contributed by atoms with van der Waals surface area (Å²) in [5.74, 6) is -0.110. The summed E-state index contributed by atoms with van der Waals surface area (Å²) < 4.78 is 19.3. The van der Waals surface area contributed by atoms with Crippen LogP contribution in [0.25, 0.3) is 0 Å². The lowest BCUT2D eigenvalue weighted by molar-refractivity contribution is 0.301. The fraction of sp³-hybridized carbons (Fsp3) is 0.625. The molecule has 1 aliphatic carbocycles. The first-order chi connectivity index (χ1) is 10.2. The van der Waals surface area contributed by atoms with Gasteiger partial charge in [0.15, 0.2) is 11.6 Å². The Morgan fingerprint density at radius 3 is 2.86 bits per heavy atom. The Morgan fingerprint density at radius 2 is 2.14 bits per heavy atom. The lowest BCUT2D eigenvalue weighted by Gasteiger charge is -2.32. The maximum absolute atomic E-state index is 13.8. The second-order valence-electron chi connectivity index (χ2n) is 5.53. The van der Waals surface area contributed by atoms with Crippen LogP contribution in [0.15, 0.2) is 12.1 Å². The molecule has 0 radical (unpaired) electrons. The van der Waals surface area contributed by atoms with E-state index in [1.165, 1.54) is 25.3 Å². The molecule has 0 bridgehead atoms. The van der Waals surface area contributed by atoms with E-state index in [0.717, 1.165) is 18.5 Å². The van der Waals surface area contributed by atoms with Crippen molar-refractivity contribution in [3.63, 3.8) is 0 Å². The topological polar surface area (TPSA) is 47.3 Å². The maximum Gasteiger partial charge on any atom is 0.167 e. The monoisotopic (exact) mass is 312 g/mol. The highest BCUT2D eigenvalue weighted by atomic mass is 32.2. The molecule has 0 saturated heterocycles. The van der Waals surface area contributed by atoms with Gasteiger partial charge in [-0.2, -0.15) is 11.8 Å². The molecule has 118 valence electrons. The Bertz CT molecular complexity index is 470. The number of nitrogens with two attached hydrogens (primary N) is 1. The summed E-state index contributed by atoms with van der Waals surface area (Å²) in [4.78, 5) is 0. The average Bonchev–Trinajstić information content (AvgIpc) is 2.49. The number of nitrogen functional groups attached to an aromatic ring is 1. The van der Waals surface area contributed by atoms with Crippen LogP contribution in [0.1, 0.15) is 39.0 Å². The highest BCUT2D eigenvalue weighted by molar-refractivity contribution is 7.99. The van der Waals surface area contributed by atoms with Gasteiger partial charge in [0.1, 0.15) is 0 Å². The van der Waals surface area contributed by atoms with Crippen LogP contribution in [0, 0.1) is 5.82 Å². The van der Waals surface area contributed by atoms with Crippen molar-refractivity contribution >= 4 is 23.1 Å². The van der Waals surface area contributed by atoms with Crippen LogP contribution >= 0.6 is 11.8 Å². The molecule has 2 atom stereocenters. The lowest BCUT2D eigenvalue weighted by Crippen LogP contribution is -2.34. The Kier molecular flexibility index (Phi) is 6.03. The SMILES string of the molecule is CCCOc1cc(NC2CCCCC2SC)c(N)cc1F. The zero-order chi connectivity index (χ0) is 15.2. The second-order valence-corrected chi connectivity index (χ2v) is 6.60. The molecule has 0 spiro atoms. The number of halogens is 1. The summed E-state index contributed by atoms with van der Waals surface area (Å²) in [6, 6.07) is 3.44. The van der Waals surface area contributed by atoms with Gasteiger partial charge in [-0.1, -0.05) is 19.8 Å². The van der Waals surface area contributed by atoms with Gasteiger partial charge < -0.3 is 15.8 Å². The first-order valence-corrected chi connectivity index (χ1v) is 8.95. The highest BCUT2D eigenvalue weighted by Gasteiger charge is 2.25. The van der Waals surface area contributed by atoms with Crippen molar-refractivity contribution in [3.05, 3.63) is 17.9 Å². The molecule has 21 heavy (non-hydrogen) atoms. The molecule has 3 N–H and O–H groups in total. The molecular weight excluding hydrogens is 287 g/mol. The molecule has 5 heteroatoms. The van der Waals surface area contributed by atoms with Crippen LogP contribution in [-0.2, 0) is 0 Å². The molecule has 1 fully saturated rings. The van der Waals surface area contributed by atoms with E-state index in [-0.39, 0.29) is 5.75 Å². The van der Waals surface area contributed by atoms with Crippen molar-refractivity contribution in [2.45, 2.75) is 50.3 Å². The van der Waals surface area contributed by atoms with Crippen LogP contribution in [0.3, 0.4) is 0 Å². The standard InChI is InChI=1S/C16H25FN2OS/c1-3-8-20-15-10-14(12(18)9-11(15)17)19-13-6-4-5-7-16(13)21-2/h9-10,13,16,19H,3-8,18H2,1-2H3. The quantitative estimate of drug-likeness (QED) is 0.770. The second kappa shape index (κ2) is 7.78. The van der Waals surface area contributed by atoms with Gasteiger partial charge in [0.05, 0.1) is 18.0 Å². The van der Waals surface area contributed by atoms with Crippen molar-refractivity contribution in [3.8, 4) is 5.75 Å². The van der Waals surface area contributed by atoms with Crippen molar-refractivity contribution in [2.75, 3.05) is 23.9 Å². The van der Waals surface area contributed by atoms with E-state index in [9.17, 15) is 4.39 Å². The van der Waals surface area contributed by atoms with E-state index in [4.69, 9.17) is 10.5 Å². The van der Waals surface area contributed by atoms with Crippen LogP contribution in [-0.4, -0.2) is 24.2 Å². The molecule has 0 amide bonds. The Morgan fingerprint density at radius 1 is 1.38 bits per heavy atom. The molecule has 1 aromatic rings. The van der Waals surface area contributed by atoms with E-state index >= 15 is 0 Å². The van der Waals surface area contributed by atoms with Gasteiger partial charge in [0.2, 0.25) is 0 Å². The summed E-state index contributed by atoms with van der Waals surface area (Å²) in [5, 5.41) is 4.09. The normalized spacial score (nSPS) is 22.0. The molecule has 1 aliphatic rings. The van der Waals surface area contributed by atoms with Crippen LogP contribution in [0.4, 0.5) is 15.8 Å². The molecule has 0 heterocycles. The molecular formula is C16H25FN2OS. The van der Waals surface area contributed by atoms with E-state index in [0.29, 0.717) is 23.6 Å². The molecule has 0 aliphatic heterocycles. The zero-order valence-electron chi connectivity index (χ0n) is 12.8. The van der Waals surface area contributed by atoms with Crippen molar-refractivity contribution in [1.82, 2.24) is 0 Å². The van der Waals surface area contributed by atoms with Gasteiger partial charge in [0, 0.05) is 23.4 Å². The summed E-state index contributed by atoms with van der Waals surface area (Å²) in [7, 11) is 0. The maximum atomic E-state index is 13.8. The lowest BCUT2D eigenvalue weighted by atomic mass is 9.94. The Labute approximate surface area is 130 Å². The number of ether oxygens (including phenoxy) is 1. The number of thioether (sulfide) groups is 1. The van der Waals surface area contributed by atoms with Gasteiger partial charge in [-0.25, -0.2) is 4.39 Å². The van der Waals surface area contributed by atoms with Crippen molar-refractivity contribution in [2.24, 2.45) is 0 Å². The molecule has 2 unspecified atom stereocenters. The molecule has 2 rings (SSSR count). The Hall–Kier alpha value is -1.10. The average molecular weight is 312 g/mol. The van der Waals surface area contributed by atoms with Crippen molar-refractivity contribution < 1.29 is 9.13 Å². The molecule has 1 aromatic carbocycles. The number of hydrogen-bond acceptors (Lipinski definition) is 4. The van der Waals surface area contributed by atoms with Crippen molar-refractivity contribution in [1.29, 1.82) is 0 Å². The minimum absolute atomic E-state index is 0.282. The Balaban J connectivity index is 2.14. The fourth-order valence-electron chi connectivity index (χ4n) is 2.76. The summed E-state index contributed by atoms with van der Waals surface area (Å²) in [5.41, 5.74) is 7.19. The summed E-state index contributed by atoms with van der Waals surface area (Å²) >= 11 is 1.89. The van der Waals surface area contributed by atoms with E-state index < -0.39 is 5.82 Å². The number of anilines is 2. The van der Waals surface area contributed by atoms with Gasteiger partial charge >= 0.3 is 0 Å². The van der Waals surface area contributed by atoms with Gasteiger partial charge in [-0.15, -0.1) is 0 Å². The fourth-order valence-corrected chi connectivity index (χ4v) is 3.70. The zero-order valence-corrected chi connectivity index (χ0v) is 13.6. The first kappa shape index (κ1) is 16.3. The first-order valence-electron chi connectivity index (χ1n) is 7.66. The van der Waals surface area contributed by atoms with E-state index in [1.54, 1.807) is 6.07 Å². The van der Waals surface area contributed by atoms with Crippen LogP contribution < -0.4 is 15.8 Å². The minimum Gasteiger partial charge on any atom is -0.490 e. The number of nitrogens with one attached hydrogen (secondary N) is 1. The third kappa shape index (κ3) is 4.19. The predicted molar refractivity (Wildman–Crippen MR) is 89.8 cm³/mol. The van der Waals surface area contributed by atoms with Gasteiger partial charge in [0.25, 0.3) is 0 Å². The highest BCUT2D eigenvalue weighted by Crippen LogP contribution is 2.33. The summed E-state index contributed by atoms with van der Waals surface area (Å²) in [6.45, 7) is 2.51. The minimum atomic E-state index is -0.392. The third-order valence-corrected chi connectivity index (χ3v) is 5.08. The molecule has 0 aromatic heterocycles. The van der Waals surface area contributed by atoms with Crippen LogP contribution in [0.2, 0.25) is 0 Å². The molecule has 3 nitrogen and oxygen atoms in total. The van der Waals surface area contributed by atoms with Gasteiger partial charge in [-0.3, -0.25) is 0 Å². The smallest absolute Gasteiger partial charge is 0.167 e. The van der Waals surface area contributed by atoms with E-state index in [2.05, 4.69) is 11.6 Å². The largest absolute Gasteiger partial charge is 0.490 e.